The quantitative estimate of drug-likeness (QED) is 0.743. The first kappa shape index (κ1) is 12.9. The van der Waals surface area contributed by atoms with Crippen molar-refractivity contribution in [1.29, 1.82) is 0 Å². The zero-order valence-corrected chi connectivity index (χ0v) is 9.34. The lowest BCUT2D eigenvalue weighted by Gasteiger charge is -2.14. The van der Waals surface area contributed by atoms with Crippen LogP contribution in [0.3, 0.4) is 0 Å². The van der Waals surface area contributed by atoms with Gasteiger partial charge >= 0.3 is 5.97 Å². The number of rotatable bonds is 5. The molecule has 2 N–H and O–H groups in total. The highest BCUT2D eigenvalue weighted by molar-refractivity contribution is 5.98. The second-order valence-corrected chi connectivity index (χ2v) is 3.63. The minimum Gasteiger partial charge on any atom is -0.479 e. The number of carbonyl (C=O) groups excluding carboxylic acids is 2. The Morgan fingerprint density at radius 2 is 1.82 bits per heavy atom. The first-order chi connectivity index (χ1) is 8.00. The molecule has 0 radical (unpaired) electrons. The molecule has 90 valence electrons. The molecule has 0 heterocycles. The van der Waals surface area contributed by atoms with E-state index in [1.165, 1.54) is 6.92 Å². The number of carboxylic acids is 1. The molecule has 0 aliphatic heterocycles. The predicted molar refractivity (Wildman–Crippen MR) is 60.3 cm³/mol. The smallest absolute Gasteiger partial charge is 0.330 e. The zero-order chi connectivity index (χ0) is 12.8. The Balaban J connectivity index is 2.78. The molecule has 5 nitrogen and oxygen atoms in total. The van der Waals surface area contributed by atoms with E-state index in [4.69, 9.17) is 5.11 Å². The summed E-state index contributed by atoms with van der Waals surface area (Å²) in [5, 5.41) is 11.3. The van der Waals surface area contributed by atoms with E-state index in [1.807, 2.05) is 0 Å². The maximum Gasteiger partial charge on any atom is 0.330 e. The van der Waals surface area contributed by atoms with E-state index in [0.717, 1.165) is 0 Å². The van der Waals surface area contributed by atoms with Crippen LogP contribution in [0.2, 0.25) is 0 Å². The SMILES string of the molecule is CC(=O)CC(=O)NC(C(=O)O)c1ccccc1. The molecule has 0 saturated carbocycles. The van der Waals surface area contributed by atoms with Crippen LogP contribution in [0, 0.1) is 0 Å². The molecule has 0 fully saturated rings. The summed E-state index contributed by atoms with van der Waals surface area (Å²) in [5.41, 5.74) is 0.469. The van der Waals surface area contributed by atoms with Crippen molar-refractivity contribution in [3.05, 3.63) is 35.9 Å². The number of carboxylic acid groups (broad SMARTS) is 1. The van der Waals surface area contributed by atoms with Gasteiger partial charge in [-0.2, -0.15) is 0 Å². The van der Waals surface area contributed by atoms with Gasteiger partial charge < -0.3 is 10.4 Å². The van der Waals surface area contributed by atoms with Crippen LogP contribution in [0.4, 0.5) is 0 Å². The Morgan fingerprint density at radius 3 is 2.29 bits per heavy atom. The van der Waals surface area contributed by atoms with Crippen LogP contribution in [-0.4, -0.2) is 22.8 Å². The minimum absolute atomic E-state index is 0.306. The van der Waals surface area contributed by atoms with Crippen LogP contribution < -0.4 is 5.32 Å². The molecule has 1 unspecified atom stereocenters. The fourth-order valence-corrected chi connectivity index (χ4v) is 1.37. The third kappa shape index (κ3) is 4.06. The van der Waals surface area contributed by atoms with E-state index >= 15 is 0 Å². The summed E-state index contributed by atoms with van der Waals surface area (Å²) in [5.74, 6) is -2.05. The van der Waals surface area contributed by atoms with E-state index in [1.54, 1.807) is 30.3 Å². The number of ketones is 1. The molecular formula is C12H13NO4. The lowest BCUT2D eigenvalue weighted by Crippen LogP contribution is -2.34. The maximum absolute atomic E-state index is 11.3. The van der Waals surface area contributed by atoms with Gasteiger partial charge in [-0.1, -0.05) is 30.3 Å². The van der Waals surface area contributed by atoms with E-state index in [2.05, 4.69) is 5.32 Å². The second kappa shape index (κ2) is 5.79. The zero-order valence-electron chi connectivity index (χ0n) is 9.34. The molecule has 1 aromatic carbocycles. The lowest BCUT2D eigenvalue weighted by atomic mass is 10.1. The number of aliphatic carboxylic acids is 1. The van der Waals surface area contributed by atoms with Crippen molar-refractivity contribution >= 4 is 17.7 Å². The van der Waals surface area contributed by atoms with Gasteiger partial charge in [-0.05, 0) is 12.5 Å². The van der Waals surface area contributed by atoms with Gasteiger partial charge in [0.1, 0.15) is 5.78 Å². The third-order valence-electron chi connectivity index (χ3n) is 2.09. The van der Waals surface area contributed by atoms with Crippen LogP contribution >= 0.6 is 0 Å². The highest BCUT2D eigenvalue weighted by atomic mass is 16.4. The van der Waals surface area contributed by atoms with Crippen molar-refractivity contribution in [2.24, 2.45) is 0 Å². The van der Waals surface area contributed by atoms with Gasteiger partial charge in [0.2, 0.25) is 5.91 Å². The van der Waals surface area contributed by atoms with E-state index in [0.29, 0.717) is 5.56 Å². The molecule has 0 spiro atoms. The Kier molecular flexibility index (Phi) is 4.39. The minimum atomic E-state index is -1.16. The monoisotopic (exact) mass is 235 g/mol. The second-order valence-electron chi connectivity index (χ2n) is 3.63. The number of hydrogen-bond acceptors (Lipinski definition) is 3. The molecule has 17 heavy (non-hydrogen) atoms. The van der Waals surface area contributed by atoms with Crippen molar-refractivity contribution in [3.8, 4) is 0 Å². The molecule has 0 saturated heterocycles. The van der Waals surface area contributed by atoms with Gasteiger partial charge in [0.05, 0.1) is 6.42 Å². The van der Waals surface area contributed by atoms with E-state index in [-0.39, 0.29) is 12.2 Å². The van der Waals surface area contributed by atoms with Crippen molar-refractivity contribution in [3.63, 3.8) is 0 Å². The van der Waals surface area contributed by atoms with Gasteiger partial charge in [0.25, 0.3) is 0 Å². The summed E-state index contributed by atoms with van der Waals surface area (Å²) >= 11 is 0. The highest BCUT2D eigenvalue weighted by Gasteiger charge is 2.21. The first-order valence-electron chi connectivity index (χ1n) is 5.07. The summed E-state index contributed by atoms with van der Waals surface area (Å²) in [4.78, 5) is 33.1. The predicted octanol–water partition coefficient (Wildman–Crippen LogP) is 0.908. The van der Waals surface area contributed by atoms with Crippen LogP contribution in [0.1, 0.15) is 24.9 Å². The summed E-state index contributed by atoms with van der Waals surface area (Å²) in [6, 6.07) is 7.20. The summed E-state index contributed by atoms with van der Waals surface area (Å²) in [6.07, 6.45) is -0.309. The number of benzene rings is 1. The highest BCUT2D eigenvalue weighted by Crippen LogP contribution is 2.12. The number of amides is 1. The van der Waals surface area contributed by atoms with Crippen molar-refractivity contribution in [2.45, 2.75) is 19.4 Å². The van der Waals surface area contributed by atoms with Crippen LogP contribution in [0.5, 0.6) is 0 Å². The maximum atomic E-state index is 11.3. The topological polar surface area (TPSA) is 83.5 Å². The molecule has 5 heteroatoms. The lowest BCUT2D eigenvalue weighted by molar-refractivity contribution is -0.142. The molecule has 1 aromatic rings. The number of nitrogens with one attached hydrogen (secondary N) is 1. The van der Waals surface area contributed by atoms with Crippen molar-refractivity contribution in [2.75, 3.05) is 0 Å². The number of hydrogen-bond donors (Lipinski definition) is 2. The molecule has 0 aliphatic rings. The number of Topliss-reactive ketones (excluding diaryl/α,β-unsaturated/α-hetero) is 1. The molecule has 0 bridgehead atoms. The van der Waals surface area contributed by atoms with E-state index < -0.39 is 17.9 Å². The Labute approximate surface area is 98.4 Å². The normalized spacial score (nSPS) is 11.6. The summed E-state index contributed by atoms with van der Waals surface area (Å²) in [6.45, 7) is 1.28. The average Bonchev–Trinajstić information content (AvgIpc) is 2.25. The molecule has 1 rings (SSSR count). The van der Waals surface area contributed by atoms with Gasteiger partial charge in [0, 0.05) is 0 Å². The van der Waals surface area contributed by atoms with Crippen molar-refractivity contribution < 1.29 is 19.5 Å². The summed E-state index contributed by atoms with van der Waals surface area (Å²) in [7, 11) is 0. The van der Waals surface area contributed by atoms with Crippen LogP contribution in [-0.2, 0) is 14.4 Å². The Hall–Kier alpha value is -2.17. The Morgan fingerprint density at radius 1 is 1.24 bits per heavy atom. The van der Waals surface area contributed by atoms with Gasteiger partial charge in [0.15, 0.2) is 6.04 Å². The number of carbonyl (C=O) groups is 3. The molecule has 1 atom stereocenters. The van der Waals surface area contributed by atoms with Crippen LogP contribution in [0.15, 0.2) is 30.3 Å². The average molecular weight is 235 g/mol. The fraction of sp³-hybridized carbons (Fsp3) is 0.250. The molecular weight excluding hydrogens is 222 g/mol. The largest absolute Gasteiger partial charge is 0.479 e. The van der Waals surface area contributed by atoms with Crippen LogP contribution in [0.25, 0.3) is 0 Å². The fourth-order valence-electron chi connectivity index (χ4n) is 1.37. The molecule has 0 aliphatic carbocycles. The third-order valence-corrected chi connectivity index (χ3v) is 2.09. The standard InChI is InChI=1S/C12H13NO4/c1-8(14)7-10(15)13-11(12(16)17)9-5-3-2-4-6-9/h2-6,11H,7H2,1H3,(H,13,15)(H,16,17). The molecule has 1 amide bonds. The van der Waals surface area contributed by atoms with Gasteiger partial charge in [-0.15, -0.1) is 0 Å². The summed E-state index contributed by atoms with van der Waals surface area (Å²) < 4.78 is 0. The Bertz CT molecular complexity index is 427. The molecule has 0 aromatic heterocycles. The van der Waals surface area contributed by atoms with E-state index in [9.17, 15) is 14.4 Å². The van der Waals surface area contributed by atoms with Gasteiger partial charge in [-0.3, -0.25) is 9.59 Å². The van der Waals surface area contributed by atoms with Crippen molar-refractivity contribution in [1.82, 2.24) is 5.32 Å². The first-order valence-corrected chi connectivity index (χ1v) is 5.07. The van der Waals surface area contributed by atoms with Gasteiger partial charge in [-0.25, -0.2) is 4.79 Å².